The molecule has 150 valence electrons. The topological polar surface area (TPSA) is 68.3 Å². The van der Waals surface area contributed by atoms with E-state index in [9.17, 15) is 0 Å². The molecule has 0 fully saturated rings. The molecule has 0 aliphatic carbocycles. The van der Waals surface area contributed by atoms with E-state index in [-0.39, 0.29) is 0 Å². The molecule has 3 aromatic carbocycles. The molecule has 2 N–H and O–H groups in total. The Kier molecular flexibility index (Phi) is 4.81. The van der Waals surface area contributed by atoms with Gasteiger partial charge in [0, 0.05) is 12.2 Å². The lowest BCUT2D eigenvalue weighted by molar-refractivity contribution is 0.306. The Morgan fingerprint density at radius 3 is 2.67 bits per heavy atom. The SMILES string of the molecule is Cc1ccc(COc2ccc(Nc3ncnc4ccc5c(c34)OCCN5)cc2)cc1. The van der Waals surface area contributed by atoms with Crippen LogP contribution in [0.1, 0.15) is 11.1 Å². The molecule has 1 aromatic heterocycles. The lowest BCUT2D eigenvalue weighted by Gasteiger charge is -2.21. The Balaban J connectivity index is 1.35. The Morgan fingerprint density at radius 2 is 1.83 bits per heavy atom. The number of nitrogens with one attached hydrogen (secondary N) is 2. The summed E-state index contributed by atoms with van der Waals surface area (Å²) in [5, 5.41) is 7.63. The Labute approximate surface area is 174 Å². The van der Waals surface area contributed by atoms with Crippen LogP contribution in [0.2, 0.25) is 0 Å². The van der Waals surface area contributed by atoms with E-state index in [0.29, 0.717) is 19.0 Å². The van der Waals surface area contributed by atoms with E-state index in [1.165, 1.54) is 5.56 Å². The molecule has 0 amide bonds. The number of ether oxygens (including phenoxy) is 2. The molecule has 2 heterocycles. The normalized spacial score (nSPS) is 12.6. The molecule has 0 saturated carbocycles. The average Bonchev–Trinajstić information content (AvgIpc) is 2.79. The van der Waals surface area contributed by atoms with E-state index < -0.39 is 0 Å². The first-order valence-electron chi connectivity index (χ1n) is 9.96. The highest BCUT2D eigenvalue weighted by molar-refractivity contribution is 5.99. The summed E-state index contributed by atoms with van der Waals surface area (Å²) in [6.07, 6.45) is 1.56. The van der Waals surface area contributed by atoms with Gasteiger partial charge >= 0.3 is 0 Å². The average molecular weight is 398 g/mol. The van der Waals surface area contributed by atoms with Crippen LogP contribution in [0.15, 0.2) is 67.0 Å². The molecule has 6 nitrogen and oxygen atoms in total. The highest BCUT2D eigenvalue weighted by Crippen LogP contribution is 2.39. The maximum atomic E-state index is 5.91. The number of aromatic nitrogens is 2. The minimum absolute atomic E-state index is 0.542. The molecule has 30 heavy (non-hydrogen) atoms. The fourth-order valence-corrected chi connectivity index (χ4v) is 3.47. The summed E-state index contributed by atoms with van der Waals surface area (Å²) in [7, 11) is 0. The van der Waals surface area contributed by atoms with Crippen molar-refractivity contribution in [3.8, 4) is 11.5 Å². The first-order chi connectivity index (χ1) is 14.8. The Hall–Kier alpha value is -3.80. The van der Waals surface area contributed by atoms with Crippen LogP contribution in [0.4, 0.5) is 17.2 Å². The zero-order chi connectivity index (χ0) is 20.3. The van der Waals surface area contributed by atoms with E-state index in [1.54, 1.807) is 6.33 Å². The van der Waals surface area contributed by atoms with Gasteiger partial charge in [0.05, 0.1) is 16.6 Å². The third-order valence-corrected chi connectivity index (χ3v) is 5.06. The lowest BCUT2D eigenvalue weighted by atomic mass is 10.1. The Bertz CT molecular complexity index is 1170. The summed E-state index contributed by atoms with van der Waals surface area (Å²) in [4.78, 5) is 8.84. The largest absolute Gasteiger partial charge is 0.489 e. The molecule has 0 atom stereocenters. The second-order valence-electron chi connectivity index (χ2n) is 7.26. The summed E-state index contributed by atoms with van der Waals surface area (Å²) in [6, 6.07) is 20.2. The van der Waals surface area contributed by atoms with Gasteiger partial charge in [0.1, 0.15) is 31.1 Å². The lowest BCUT2D eigenvalue weighted by Crippen LogP contribution is -2.18. The van der Waals surface area contributed by atoms with Gasteiger partial charge in [0.15, 0.2) is 5.75 Å². The van der Waals surface area contributed by atoms with Crippen LogP contribution in [0.5, 0.6) is 11.5 Å². The molecule has 6 heteroatoms. The van der Waals surface area contributed by atoms with Gasteiger partial charge in [0.2, 0.25) is 0 Å². The highest BCUT2D eigenvalue weighted by atomic mass is 16.5. The van der Waals surface area contributed by atoms with Crippen LogP contribution in [0.3, 0.4) is 0 Å². The van der Waals surface area contributed by atoms with Crippen molar-refractivity contribution in [2.75, 3.05) is 23.8 Å². The van der Waals surface area contributed by atoms with E-state index in [4.69, 9.17) is 9.47 Å². The smallest absolute Gasteiger partial charge is 0.155 e. The zero-order valence-corrected chi connectivity index (χ0v) is 16.7. The zero-order valence-electron chi connectivity index (χ0n) is 16.7. The maximum Gasteiger partial charge on any atom is 0.155 e. The van der Waals surface area contributed by atoms with Crippen molar-refractivity contribution in [2.24, 2.45) is 0 Å². The van der Waals surface area contributed by atoms with Crippen LogP contribution in [0.25, 0.3) is 10.9 Å². The predicted octanol–water partition coefficient (Wildman–Crippen LogP) is 5.07. The summed E-state index contributed by atoms with van der Waals surface area (Å²) in [6.45, 7) is 4.03. The minimum Gasteiger partial charge on any atom is -0.489 e. The molecule has 0 bridgehead atoms. The number of hydrogen-bond donors (Lipinski definition) is 2. The number of aryl methyl sites for hydroxylation is 1. The molecular formula is C24H22N4O2. The van der Waals surface area contributed by atoms with Gasteiger partial charge in [-0.05, 0) is 48.9 Å². The van der Waals surface area contributed by atoms with Crippen molar-refractivity contribution >= 4 is 28.1 Å². The van der Waals surface area contributed by atoms with Crippen molar-refractivity contribution in [3.05, 3.63) is 78.1 Å². The molecule has 5 rings (SSSR count). The summed E-state index contributed by atoms with van der Waals surface area (Å²) in [5.41, 5.74) is 5.11. The van der Waals surface area contributed by atoms with Crippen molar-refractivity contribution in [1.29, 1.82) is 0 Å². The van der Waals surface area contributed by atoms with Crippen LogP contribution in [-0.4, -0.2) is 23.1 Å². The quantitative estimate of drug-likeness (QED) is 0.489. The van der Waals surface area contributed by atoms with Gasteiger partial charge in [-0.2, -0.15) is 0 Å². The first-order valence-corrected chi connectivity index (χ1v) is 9.96. The molecule has 0 unspecified atom stereocenters. The molecular weight excluding hydrogens is 376 g/mol. The molecule has 1 aliphatic heterocycles. The first kappa shape index (κ1) is 18.2. The van der Waals surface area contributed by atoms with E-state index in [1.807, 2.05) is 36.4 Å². The van der Waals surface area contributed by atoms with Crippen LogP contribution in [0, 0.1) is 6.92 Å². The highest BCUT2D eigenvalue weighted by Gasteiger charge is 2.17. The van der Waals surface area contributed by atoms with Crippen molar-refractivity contribution in [1.82, 2.24) is 9.97 Å². The molecule has 0 radical (unpaired) electrons. The standard InChI is InChI=1S/C24H22N4O2/c1-16-2-4-17(5-3-16)14-30-19-8-6-18(7-9-19)28-24-22-20(26-15-27-24)10-11-21-23(22)29-13-12-25-21/h2-11,15,25H,12-14H2,1H3,(H,26,27,28). The van der Waals surface area contributed by atoms with E-state index >= 15 is 0 Å². The Morgan fingerprint density at radius 1 is 1.00 bits per heavy atom. The van der Waals surface area contributed by atoms with Gasteiger partial charge in [-0.1, -0.05) is 29.8 Å². The number of benzene rings is 3. The molecule has 4 aromatic rings. The van der Waals surface area contributed by atoms with Gasteiger partial charge in [-0.25, -0.2) is 9.97 Å². The molecule has 0 spiro atoms. The number of anilines is 3. The van der Waals surface area contributed by atoms with Crippen molar-refractivity contribution < 1.29 is 9.47 Å². The fourth-order valence-electron chi connectivity index (χ4n) is 3.47. The van der Waals surface area contributed by atoms with Gasteiger partial charge < -0.3 is 20.1 Å². The van der Waals surface area contributed by atoms with E-state index in [0.717, 1.165) is 45.9 Å². The summed E-state index contributed by atoms with van der Waals surface area (Å²) < 4.78 is 11.8. The minimum atomic E-state index is 0.542. The van der Waals surface area contributed by atoms with Crippen molar-refractivity contribution in [3.63, 3.8) is 0 Å². The van der Waals surface area contributed by atoms with Gasteiger partial charge in [-0.15, -0.1) is 0 Å². The van der Waals surface area contributed by atoms with Crippen molar-refractivity contribution in [2.45, 2.75) is 13.5 Å². The molecule has 0 saturated heterocycles. The summed E-state index contributed by atoms with van der Waals surface area (Å²) in [5.74, 6) is 2.33. The second-order valence-corrected chi connectivity index (χ2v) is 7.26. The number of nitrogens with zero attached hydrogens (tertiary/aromatic N) is 2. The van der Waals surface area contributed by atoms with Gasteiger partial charge in [0.25, 0.3) is 0 Å². The van der Waals surface area contributed by atoms with Crippen LogP contribution < -0.4 is 20.1 Å². The molecule has 1 aliphatic rings. The summed E-state index contributed by atoms with van der Waals surface area (Å²) >= 11 is 0. The predicted molar refractivity (Wildman–Crippen MR) is 119 cm³/mol. The third-order valence-electron chi connectivity index (χ3n) is 5.06. The monoisotopic (exact) mass is 398 g/mol. The van der Waals surface area contributed by atoms with Crippen LogP contribution >= 0.6 is 0 Å². The van der Waals surface area contributed by atoms with Crippen LogP contribution in [-0.2, 0) is 6.61 Å². The number of rotatable bonds is 5. The number of hydrogen-bond acceptors (Lipinski definition) is 6. The fraction of sp³-hybridized carbons (Fsp3) is 0.167. The third kappa shape index (κ3) is 3.72. The maximum absolute atomic E-state index is 5.91. The van der Waals surface area contributed by atoms with E-state index in [2.05, 4.69) is 51.8 Å². The number of fused-ring (bicyclic) bond motifs is 3. The second kappa shape index (κ2) is 7.91. The van der Waals surface area contributed by atoms with Gasteiger partial charge in [-0.3, -0.25) is 0 Å².